The molecule has 0 aliphatic rings. The van der Waals surface area contributed by atoms with Gasteiger partial charge in [0.15, 0.2) is 6.04 Å². The quantitative estimate of drug-likeness (QED) is 0.407. The number of amides is 1. The highest BCUT2D eigenvalue weighted by molar-refractivity contribution is 7.89. The predicted octanol–water partition coefficient (Wildman–Crippen LogP) is -2.12. The Hall–Kier alpha value is -1.19. The number of rotatable bonds is 7. The molecule has 0 radical (unpaired) electrons. The van der Waals surface area contributed by atoms with Gasteiger partial charge in [0.2, 0.25) is 15.9 Å². The molecule has 0 rings (SSSR count). The van der Waals surface area contributed by atoms with Crippen LogP contribution >= 0.6 is 0 Å². The summed E-state index contributed by atoms with van der Waals surface area (Å²) in [7, 11) is -0.608. The van der Waals surface area contributed by atoms with Crippen molar-refractivity contribution in [3.8, 4) is 0 Å². The molecular formula is C9H19N3O5S. The van der Waals surface area contributed by atoms with Gasteiger partial charge >= 0.3 is 5.97 Å². The van der Waals surface area contributed by atoms with Gasteiger partial charge in [-0.15, -0.1) is 0 Å². The van der Waals surface area contributed by atoms with E-state index in [0.717, 1.165) is 4.31 Å². The van der Waals surface area contributed by atoms with Crippen molar-refractivity contribution in [1.82, 2.24) is 9.62 Å². The lowest BCUT2D eigenvalue weighted by Gasteiger charge is -2.13. The monoisotopic (exact) mass is 281 g/mol. The van der Waals surface area contributed by atoms with E-state index in [9.17, 15) is 18.0 Å². The van der Waals surface area contributed by atoms with Crippen LogP contribution in [-0.4, -0.2) is 63.6 Å². The van der Waals surface area contributed by atoms with E-state index in [0.29, 0.717) is 0 Å². The maximum absolute atomic E-state index is 11.4. The molecular weight excluding hydrogens is 262 g/mol. The van der Waals surface area contributed by atoms with Crippen LogP contribution in [0.5, 0.6) is 0 Å². The summed E-state index contributed by atoms with van der Waals surface area (Å²) in [5, 5.41) is 2.26. The molecule has 0 saturated heterocycles. The van der Waals surface area contributed by atoms with E-state index in [1.165, 1.54) is 14.1 Å². The molecule has 9 heteroatoms. The lowest BCUT2D eigenvalue weighted by Crippen LogP contribution is -2.48. The topological polar surface area (TPSA) is 119 Å². The fraction of sp³-hybridized carbons (Fsp3) is 0.778. The second-order valence-corrected chi connectivity index (χ2v) is 5.92. The van der Waals surface area contributed by atoms with Gasteiger partial charge in [-0.1, -0.05) is 0 Å². The molecule has 0 heterocycles. The lowest BCUT2D eigenvalue weighted by atomic mass is 10.3. The minimum Gasteiger partial charge on any atom is -0.464 e. The van der Waals surface area contributed by atoms with Crippen LogP contribution in [0, 0.1) is 0 Å². The van der Waals surface area contributed by atoms with E-state index >= 15 is 0 Å². The van der Waals surface area contributed by atoms with Gasteiger partial charge in [-0.05, 0) is 6.92 Å². The van der Waals surface area contributed by atoms with Gasteiger partial charge in [0.1, 0.15) is 0 Å². The van der Waals surface area contributed by atoms with Gasteiger partial charge in [-0.2, -0.15) is 0 Å². The van der Waals surface area contributed by atoms with E-state index in [-0.39, 0.29) is 18.9 Å². The first-order valence-corrected chi connectivity index (χ1v) is 6.93. The molecule has 18 heavy (non-hydrogen) atoms. The van der Waals surface area contributed by atoms with Crippen LogP contribution in [0.1, 0.15) is 6.92 Å². The number of carbonyl (C=O) groups excluding carboxylic acids is 2. The highest BCUT2D eigenvalue weighted by atomic mass is 32.2. The first-order chi connectivity index (χ1) is 8.22. The van der Waals surface area contributed by atoms with Crippen LogP contribution in [0.15, 0.2) is 0 Å². The molecule has 1 amide bonds. The minimum absolute atomic E-state index is 0.119. The standard InChI is InChI=1S/C9H19N3O5S/c1-4-17-9(14)7(10)8(13)11-5-6-18(15,16)12(2)3/h7H,4-6,10H2,1-3H3,(H,11,13). The molecule has 0 aromatic carbocycles. The van der Waals surface area contributed by atoms with Gasteiger partial charge in [-0.25, -0.2) is 17.5 Å². The third-order valence-electron chi connectivity index (χ3n) is 2.04. The summed E-state index contributed by atoms with van der Waals surface area (Å²) in [6.07, 6.45) is 0. The fourth-order valence-corrected chi connectivity index (χ4v) is 1.66. The minimum atomic E-state index is -3.39. The van der Waals surface area contributed by atoms with Gasteiger partial charge < -0.3 is 15.8 Å². The Balaban J connectivity index is 4.16. The van der Waals surface area contributed by atoms with Gasteiger partial charge in [-0.3, -0.25) is 4.79 Å². The normalized spacial score (nSPS) is 13.2. The number of nitrogens with two attached hydrogens (primary N) is 1. The summed E-state index contributed by atoms with van der Waals surface area (Å²) >= 11 is 0. The van der Waals surface area contributed by atoms with Crippen molar-refractivity contribution in [2.45, 2.75) is 13.0 Å². The molecule has 0 bridgehead atoms. The zero-order valence-electron chi connectivity index (χ0n) is 10.7. The number of hydrogen-bond donors (Lipinski definition) is 2. The Bertz CT molecular complexity index is 393. The second kappa shape index (κ2) is 7.29. The Morgan fingerprint density at radius 3 is 2.39 bits per heavy atom. The fourth-order valence-electron chi connectivity index (χ4n) is 0.935. The Morgan fingerprint density at radius 1 is 1.39 bits per heavy atom. The molecule has 0 saturated carbocycles. The van der Waals surface area contributed by atoms with Crippen molar-refractivity contribution in [3.05, 3.63) is 0 Å². The Kier molecular flexibility index (Phi) is 6.81. The van der Waals surface area contributed by atoms with Gasteiger partial charge in [0.05, 0.1) is 12.4 Å². The van der Waals surface area contributed by atoms with E-state index in [1.54, 1.807) is 6.92 Å². The summed E-state index contributed by atoms with van der Waals surface area (Å²) in [4.78, 5) is 22.5. The summed E-state index contributed by atoms with van der Waals surface area (Å²) in [6.45, 7) is 1.59. The number of nitrogens with one attached hydrogen (secondary N) is 1. The maximum Gasteiger partial charge on any atom is 0.332 e. The number of ether oxygens (including phenoxy) is 1. The van der Waals surface area contributed by atoms with Crippen LogP contribution < -0.4 is 11.1 Å². The molecule has 106 valence electrons. The van der Waals surface area contributed by atoms with E-state index < -0.39 is 27.9 Å². The van der Waals surface area contributed by atoms with Crippen LogP contribution in [0.4, 0.5) is 0 Å². The highest BCUT2D eigenvalue weighted by Gasteiger charge is 2.23. The average Bonchev–Trinajstić information content (AvgIpc) is 2.27. The molecule has 0 aromatic rings. The first-order valence-electron chi connectivity index (χ1n) is 5.32. The SMILES string of the molecule is CCOC(=O)C(N)C(=O)NCCS(=O)(=O)N(C)C. The third-order valence-corrected chi connectivity index (χ3v) is 3.87. The van der Waals surface area contributed by atoms with Crippen LogP contribution in [-0.2, 0) is 24.3 Å². The Morgan fingerprint density at radius 2 is 1.94 bits per heavy atom. The summed E-state index contributed by atoms with van der Waals surface area (Å²) < 4.78 is 28.3. The zero-order chi connectivity index (χ0) is 14.3. The summed E-state index contributed by atoms with van der Waals surface area (Å²) in [5.74, 6) is -1.87. The van der Waals surface area contributed by atoms with Crippen molar-refractivity contribution in [2.24, 2.45) is 5.73 Å². The third kappa shape index (κ3) is 5.43. The highest BCUT2D eigenvalue weighted by Crippen LogP contribution is 1.92. The van der Waals surface area contributed by atoms with Crippen molar-refractivity contribution >= 4 is 21.9 Å². The van der Waals surface area contributed by atoms with Crippen LogP contribution in [0.25, 0.3) is 0 Å². The number of carbonyl (C=O) groups is 2. The number of nitrogens with zero attached hydrogens (tertiary/aromatic N) is 1. The average molecular weight is 281 g/mol. The molecule has 1 atom stereocenters. The smallest absolute Gasteiger partial charge is 0.332 e. The molecule has 0 aliphatic carbocycles. The van der Waals surface area contributed by atoms with Crippen molar-refractivity contribution in [2.75, 3.05) is 33.0 Å². The molecule has 0 fully saturated rings. The second-order valence-electron chi connectivity index (χ2n) is 3.62. The van der Waals surface area contributed by atoms with Gasteiger partial charge in [0, 0.05) is 20.6 Å². The van der Waals surface area contributed by atoms with Crippen LogP contribution in [0.2, 0.25) is 0 Å². The summed E-state index contributed by atoms with van der Waals surface area (Å²) in [5.41, 5.74) is 5.31. The molecule has 3 N–H and O–H groups in total. The largest absolute Gasteiger partial charge is 0.464 e. The zero-order valence-corrected chi connectivity index (χ0v) is 11.5. The molecule has 8 nitrogen and oxygen atoms in total. The van der Waals surface area contributed by atoms with Crippen molar-refractivity contribution < 1.29 is 22.7 Å². The van der Waals surface area contributed by atoms with E-state index in [1.807, 2.05) is 0 Å². The number of esters is 1. The van der Waals surface area contributed by atoms with Crippen LogP contribution in [0.3, 0.4) is 0 Å². The first kappa shape index (κ1) is 16.8. The molecule has 0 aliphatic heterocycles. The van der Waals surface area contributed by atoms with Gasteiger partial charge in [0.25, 0.3) is 0 Å². The lowest BCUT2D eigenvalue weighted by molar-refractivity contribution is -0.147. The Labute approximate surface area is 107 Å². The number of hydrogen-bond acceptors (Lipinski definition) is 6. The van der Waals surface area contributed by atoms with E-state index in [2.05, 4.69) is 10.1 Å². The maximum atomic E-state index is 11.4. The summed E-state index contributed by atoms with van der Waals surface area (Å²) in [6, 6.07) is -1.44. The van der Waals surface area contributed by atoms with E-state index in [4.69, 9.17) is 5.73 Å². The van der Waals surface area contributed by atoms with Crippen molar-refractivity contribution in [1.29, 1.82) is 0 Å². The van der Waals surface area contributed by atoms with Crippen molar-refractivity contribution in [3.63, 3.8) is 0 Å². The molecule has 1 unspecified atom stereocenters. The molecule has 0 aromatic heterocycles. The molecule has 0 spiro atoms. The predicted molar refractivity (Wildman–Crippen MR) is 65.1 cm³/mol. The number of sulfonamides is 1.